The number of likely N-dealkylation sites (tertiary alicyclic amines) is 1. The van der Waals surface area contributed by atoms with Gasteiger partial charge in [0.1, 0.15) is 11.4 Å². The number of esters is 1. The summed E-state index contributed by atoms with van der Waals surface area (Å²) >= 11 is 1.31. The van der Waals surface area contributed by atoms with Crippen LogP contribution >= 0.6 is 11.3 Å². The summed E-state index contributed by atoms with van der Waals surface area (Å²) in [5.41, 5.74) is 2.74. The van der Waals surface area contributed by atoms with Crippen molar-refractivity contribution in [2.24, 2.45) is 0 Å². The lowest BCUT2D eigenvalue weighted by molar-refractivity contribution is -0.952. The van der Waals surface area contributed by atoms with Crippen molar-refractivity contribution in [2.75, 3.05) is 25.5 Å². The van der Waals surface area contributed by atoms with Gasteiger partial charge in [0, 0.05) is 5.56 Å². The third-order valence-electron chi connectivity index (χ3n) is 6.09. The van der Waals surface area contributed by atoms with Crippen LogP contribution in [0.4, 0.5) is 5.69 Å². The van der Waals surface area contributed by atoms with Crippen molar-refractivity contribution < 1.29 is 18.8 Å². The maximum absolute atomic E-state index is 13.4. The monoisotopic (exact) mass is 415 g/mol. The molecular weight excluding hydrogens is 384 g/mol. The number of carbonyl (C=O) groups is 2. The second-order valence-electron chi connectivity index (χ2n) is 8.00. The van der Waals surface area contributed by atoms with Crippen molar-refractivity contribution in [1.29, 1.82) is 0 Å². The Morgan fingerprint density at radius 2 is 1.79 bits per heavy atom. The highest BCUT2D eigenvalue weighted by Gasteiger charge is 2.39. The van der Waals surface area contributed by atoms with Gasteiger partial charge < -0.3 is 14.5 Å². The summed E-state index contributed by atoms with van der Waals surface area (Å²) in [5.74, 6) is -0.441. The van der Waals surface area contributed by atoms with Gasteiger partial charge in [-0.2, -0.15) is 0 Å². The number of anilines is 1. The highest BCUT2D eigenvalue weighted by molar-refractivity contribution is 7.12. The Morgan fingerprint density at radius 3 is 2.41 bits per heavy atom. The number of thiophene rings is 1. The molecule has 29 heavy (non-hydrogen) atoms. The molecule has 1 saturated heterocycles. The Kier molecular flexibility index (Phi) is 7.09. The minimum absolute atomic E-state index is 0.0329. The molecule has 0 radical (unpaired) electrons. The molecule has 1 aliphatic rings. The first-order chi connectivity index (χ1) is 14.0. The summed E-state index contributed by atoms with van der Waals surface area (Å²) in [6.45, 7) is 6.78. The van der Waals surface area contributed by atoms with E-state index in [1.165, 1.54) is 36.9 Å². The molecule has 1 amide bonds. The van der Waals surface area contributed by atoms with Crippen molar-refractivity contribution in [3.8, 4) is 0 Å². The van der Waals surface area contributed by atoms with E-state index in [0.29, 0.717) is 10.6 Å². The fourth-order valence-corrected chi connectivity index (χ4v) is 5.19. The number of aryl methyl sites for hydroxylation is 1. The smallest absolute Gasteiger partial charge is 0.350 e. The number of amides is 1. The van der Waals surface area contributed by atoms with Gasteiger partial charge in [-0.25, -0.2) is 4.79 Å². The molecule has 1 N–H and O–H groups in total. The highest BCUT2D eigenvalue weighted by Crippen LogP contribution is 2.31. The zero-order valence-electron chi connectivity index (χ0n) is 17.6. The lowest BCUT2D eigenvalue weighted by Crippen LogP contribution is -2.58. The van der Waals surface area contributed by atoms with Gasteiger partial charge in [0.15, 0.2) is 6.04 Å². The van der Waals surface area contributed by atoms with Crippen molar-refractivity contribution in [3.05, 3.63) is 51.7 Å². The summed E-state index contributed by atoms with van der Waals surface area (Å²) < 4.78 is 5.64. The van der Waals surface area contributed by atoms with Crippen LogP contribution in [0.25, 0.3) is 0 Å². The van der Waals surface area contributed by atoms with Gasteiger partial charge in [-0.1, -0.05) is 30.3 Å². The number of carbonyl (C=O) groups excluding carboxylic acids is 2. The van der Waals surface area contributed by atoms with E-state index in [2.05, 4.69) is 29.6 Å². The van der Waals surface area contributed by atoms with Crippen molar-refractivity contribution >= 4 is 28.9 Å². The molecule has 1 fully saturated rings. The van der Waals surface area contributed by atoms with Crippen LogP contribution in [-0.2, 0) is 16.1 Å². The molecule has 1 aliphatic heterocycles. The third kappa shape index (κ3) is 4.87. The second kappa shape index (κ2) is 9.55. The molecule has 0 aliphatic carbocycles. The maximum Gasteiger partial charge on any atom is 0.350 e. The van der Waals surface area contributed by atoms with E-state index in [1.54, 1.807) is 0 Å². The normalized spacial score (nSPS) is 17.2. The SMILES string of the molecule is COC(=O)c1scc(C)c1NC(=O)C(C)[N+]1(Cc2ccccc2)CCCCCC1. The van der Waals surface area contributed by atoms with Crippen LogP contribution in [0.3, 0.4) is 0 Å². The number of benzene rings is 1. The average Bonchev–Trinajstić information content (AvgIpc) is 2.94. The molecule has 1 aromatic heterocycles. The predicted octanol–water partition coefficient (Wildman–Crippen LogP) is 4.76. The van der Waals surface area contributed by atoms with Gasteiger partial charge in [-0.15, -0.1) is 11.3 Å². The van der Waals surface area contributed by atoms with Crippen molar-refractivity contribution in [3.63, 3.8) is 0 Å². The van der Waals surface area contributed by atoms with E-state index in [-0.39, 0.29) is 11.9 Å². The van der Waals surface area contributed by atoms with Gasteiger partial charge in [-0.05, 0) is 50.5 Å². The molecule has 5 nitrogen and oxygen atoms in total. The molecule has 0 bridgehead atoms. The Hall–Kier alpha value is -2.18. The van der Waals surface area contributed by atoms with Gasteiger partial charge in [0.25, 0.3) is 5.91 Å². The van der Waals surface area contributed by atoms with Crippen LogP contribution in [0.15, 0.2) is 35.7 Å². The zero-order chi connectivity index (χ0) is 20.9. The minimum atomic E-state index is -0.408. The van der Waals surface area contributed by atoms with E-state index in [1.807, 2.05) is 25.3 Å². The van der Waals surface area contributed by atoms with Gasteiger partial charge in [-0.3, -0.25) is 4.79 Å². The first-order valence-electron chi connectivity index (χ1n) is 10.3. The summed E-state index contributed by atoms with van der Waals surface area (Å²) in [6.07, 6.45) is 4.71. The summed E-state index contributed by atoms with van der Waals surface area (Å²) in [6, 6.07) is 10.2. The fraction of sp³-hybridized carbons (Fsp3) is 0.478. The molecule has 0 saturated carbocycles. The second-order valence-corrected chi connectivity index (χ2v) is 8.88. The Morgan fingerprint density at radius 1 is 1.14 bits per heavy atom. The van der Waals surface area contributed by atoms with Crippen LogP contribution in [0, 0.1) is 6.92 Å². The van der Waals surface area contributed by atoms with Crippen LogP contribution < -0.4 is 5.32 Å². The van der Waals surface area contributed by atoms with Crippen LogP contribution in [0.1, 0.15) is 53.4 Å². The lowest BCUT2D eigenvalue weighted by Gasteiger charge is -2.42. The first kappa shape index (κ1) is 21.5. The van der Waals surface area contributed by atoms with Gasteiger partial charge in [0.05, 0.1) is 25.9 Å². The Bertz CT molecular complexity index is 839. The molecule has 1 atom stereocenters. The van der Waals surface area contributed by atoms with Gasteiger partial charge >= 0.3 is 5.97 Å². The molecule has 1 unspecified atom stereocenters. The van der Waals surface area contributed by atoms with Crippen LogP contribution in [0.2, 0.25) is 0 Å². The number of nitrogens with zero attached hydrogens (tertiary/aromatic N) is 1. The van der Waals surface area contributed by atoms with Crippen LogP contribution in [-0.4, -0.2) is 42.6 Å². The quantitative estimate of drug-likeness (QED) is 0.547. The number of nitrogens with one attached hydrogen (secondary N) is 1. The summed E-state index contributed by atoms with van der Waals surface area (Å²) in [4.78, 5) is 25.9. The standard InChI is InChI=1S/C23H30N2O3S/c1-17-16-29-21(23(27)28-3)20(17)24-22(26)18(2)25(13-9-4-5-10-14-25)15-19-11-7-6-8-12-19/h6-8,11-12,16,18H,4-5,9-10,13-15H2,1-3H3/p+1. The molecular formula is C23H31N2O3S+. The van der Waals surface area contributed by atoms with Gasteiger partial charge in [0.2, 0.25) is 0 Å². The number of hydrogen-bond acceptors (Lipinski definition) is 4. The summed E-state index contributed by atoms with van der Waals surface area (Å²) in [7, 11) is 1.36. The maximum atomic E-state index is 13.4. The van der Waals surface area contributed by atoms with E-state index in [9.17, 15) is 9.59 Å². The lowest BCUT2D eigenvalue weighted by atomic mass is 10.1. The fourth-order valence-electron chi connectivity index (χ4n) is 4.27. The molecule has 6 heteroatoms. The molecule has 2 aromatic rings. The topological polar surface area (TPSA) is 55.4 Å². The van der Waals surface area contributed by atoms with Crippen molar-refractivity contribution in [2.45, 2.75) is 52.1 Å². The molecule has 3 rings (SSSR count). The largest absolute Gasteiger partial charge is 0.465 e. The molecule has 0 spiro atoms. The minimum Gasteiger partial charge on any atom is -0.465 e. The van der Waals surface area contributed by atoms with Crippen LogP contribution in [0.5, 0.6) is 0 Å². The number of rotatable bonds is 6. The van der Waals surface area contributed by atoms with E-state index < -0.39 is 5.97 Å². The summed E-state index contributed by atoms with van der Waals surface area (Å²) in [5, 5.41) is 4.94. The van der Waals surface area contributed by atoms with E-state index >= 15 is 0 Å². The number of methoxy groups -OCH3 is 1. The number of ether oxygens (including phenoxy) is 1. The number of quaternary nitrogens is 1. The van der Waals surface area contributed by atoms with Crippen molar-refractivity contribution in [1.82, 2.24) is 0 Å². The van der Waals surface area contributed by atoms with E-state index in [4.69, 9.17) is 4.74 Å². The Balaban J connectivity index is 1.86. The van der Waals surface area contributed by atoms with E-state index in [0.717, 1.165) is 42.5 Å². The first-order valence-corrected chi connectivity index (χ1v) is 11.2. The molecule has 1 aromatic carbocycles. The predicted molar refractivity (Wildman–Crippen MR) is 117 cm³/mol. The number of hydrogen-bond donors (Lipinski definition) is 1. The average molecular weight is 416 g/mol. The zero-order valence-corrected chi connectivity index (χ0v) is 18.4. The third-order valence-corrected chi connectivity index (χ3v) is 7.17. The highest BCUT2D eigenvalue weighted by atomic mass is 32.1. The molecule has 156 valence electrons. The molecule has 2 heterocycles. The Labute approximate surface area is 177 Å².